The van der Waals surface area contributed by atoms with Crippen molar-refractivity contribution in [2.24, 2.45) is 0 Å². The molecule has 4 rings (SSSR count). The number of rotatable bonds is 9. The Morgan fingerprint density at radius 2 is 1.82 bits per heavy atom. The van der Waals surface area contributed by atoms with Crippen molar-refractivity contribution in [1.82, 2.24) is 24.6 Å². The predicted octanol–water partition coefficient (Wildman–Crippen LogP) is 2.02. The van der Waals surface area contributed by atoms with Crippen molar-refractivity contribution in [2.45, 2.75) is 19.5 Å². The fourth-order valence-corrected chi connectivity index (χ4v) is 3.59. The molecule has 1 N–H and O–H groups in total. The Bertz CT molecular complexity index is 1310. The van der Waals surface area contributed by atoms with Gasteiger partial charge in [0.2, 0.25) is 5.91 Å². The maximum atomic E-state index is 12.8. The zero-order chi connectivity index (χ0) is 23.2. The van der Waals surface area contributed by atoms with Crippen LogP contribution in [0.25, 0.3) is 11.0 Å². The number of methoxy groups -OCH3 is 2. The van der Waals surface area contributed by atoms with Crippen molar-refractivity contribution in [3.63, 3.8) is 0 Å². The summed E-state index contributed by atoms with van der Waals surface area (Å²) >= 11 is 0. The zero-order valence-corrected chi connectivity index (χ0v) is 18.5. The summed E-state index contributed by atoms with van der Waals surface area (Å²) in [5, 5.41) is 7.61. The molecule has 2 aromatic heterocycles. The number of hydrogen-bond donors (Lipinski definition) is 1. The number of aromatic nitrogens is 4. The van der Waals surface area contributed by atoms with Crippen molar-refractivity contribution >= 4 is 16.9 Å². The molecule has 0 aliphatic heterocycles. The van der Waals surface area contributed by atoms with E-state index in [4.69, 9.17) is 9.47 Å². The highest BCUT2D eigenvalue weighted by atomic mass is 16.5. The molecule has 0 bridgehead atoms. The number of nitrogens with zero attached hydrogens (tertiary/aromatic N) is 4. The van der Waals surface area contributed by atoms with Crippen LogP contribution in [0.4, 0.5) is 0 Å². The minimum absolute atomic E-state index is 0.128. The van der Waals surface area contributed by atoms with E-state index in [-0.39, 0.29) is 17.9 Å². The van der Waals surface area contributed by atoms with Crippen molar-refractivity contribution in [2.75, 3.05) is 20.8 Å². The maximum Gasteiger partial charge on any atom is 0.264 e. The summed E-state index contributed by atoms with van der Waals surface area (Å²) in [7, 11) is 3.12. The molecule has 0 aliphatic rings. The number of nitrogens with one attached hydrogen (secondary N) is 1. The molecule has 9 heteroatoms. The average Bonchev–Trinajstić information content (AvgIpc) is 3.25. The van der Waals surface area contributed by atoms with E-state index in [0.29, 0.717) is 42.2 Å². The van der Waals surface area contributed by atoms with Gasteiger partial charge in [-0.2, -0.15) is 5.10 Å². The molecular weight excluding hydrogens is 422 g/mol. The summed E-state index contributed by atoms with van der Waals surface area (Å²) in [5.41, 5.74) is 2.19. The number of fused-ring (bicyclic) bond motifs is 1. The van der Waals surface area contributed by atoms with Gasteiger partial charge in [0.05, 0.1) is 39.9 Å². The first kappa shape index (κ1) is 22.1. The molecule has 1 amide bonds. The van der Waals surface area contributed by atoms with Gasteiger partial charge in [-0.3, -0.25) is 14.2 Å². The van der Waals surface area contributed by atoms with Gasteiger partial charge < -0.3 is 14.8 Å². The van der Waals surface area contributed by atoms with Crippen LogP contribution >= 0.6 is 0 Å². The third-order valence-electron chi connectivity index (χ3n) is 5.28. The molecule has 0 aliphatic carbocycles. The second kappa shape index (κ2) is 9.99. The predicted molar refractivity (Wildman–Crippen MR) is 124 cm³/mol. The van der Waals surface area contributed by atoms with E-state index >= 15 is 0 Å². The number of carbonyl (C=O) groups is 1. The van der Waals surface area contributed by atoms with E-state index < -0.39 is 0 Å². The summed E-state index contributed by atoms with van der Waals surface area (Å²) in [6, 6.07) is 15.1. The molecule has 9 nitrogen and oxygen atoms in total. The first-order valence-corrected chi connectivity index (χ1v) is 10.5. The molecule has 0 saturated heterocycles. The lowest BCUT2D eigenvalue weighted by Crippen LogP contribution is -2.29. The highest BCUT2D eigenvalue weighted by Gasteiger charge is 2.12. The Hall–Kier alpha value is -4.14. The summed E-state index contributed by atoms with van der Waals surface area (Å²) in [6.45, 7) is 1.20. The Morgan fingerprint density at radius 3 is 2.58 bits per heavy atom. The summed E-state index contributed by atoms with van der Waals surface area (Å²) in [5.74, 6) is 1.06. The molecule has 0 radical (unpaired) electrons. The number of ether oxygens (including phenoxy) is 2. The van der Waals surface area contributed by atoms with Crippen LogP contribution in [0, 0.1) is 0 Å². The Labute approximate surface area is 190 Å². The topological polar surface area (TPSA) is 100 Å². The minimum atomic E-state index is -0.146. The molecule has 2 aromatic carbocycles. The van der Waals surface area contributed by atoms with Crippen LogP contribution in [0.3, 0.4) is 0 Å². The molecule has 0 unspecified atom stereocenters. The number of carbonyl (C=O) groups excluding carboxylic acids is 1. The van der Waals surface area contributed by atoms with Gasteiger partial charge in [-0.05, 0) is 23.3 Å². The van der Waals surface area contributed by atoms with Crippen LogP contribution in [0.5, 0.6) is 11.5 Å². The van der Waals surface area contributed by atoms with E-state index in [1.807, 2.05) is 36.4 Å². The van der Waals surface area contributed by atoms with Crippen molar-refractivity contribution in [1.29, 1.82) is 0 Å². The fourth-order valence-electron chi connectivity index (χ4n) is 3.59. The third kappa shape index (κ3) is 5.03. The first-order valence-electron chi connectivity index (χ1n) is 10.5. The molecule has 0 saturated carbocycles. The molecule has 4 aromatic rings. The molecule has 0 atom stereocenters. The molecule has 2 heterocycles. The van der Waals surface area contributed by atoms with Crippen molar-refractivity contribution in [3.8, 4) is 11.5 Å². The van der Waals surface area contributed by atoms with E-state index in [1.165, 1.54) is 12.5 Å². The lowest BCUT2D eigenvalue weighted by atomic mass is 10.1. The van der Waals surface area contributed by atoms with Crippen LogP contribution in [0.15, 0.2) is 65.8 Å². The smallest absolute Gasteiger partial charge is 0.264 e. The third-order valence-corrected chi connectivity index (χ3v) is 5.28. The van der Waals surface area contributed by atoms with Gasteiger partial charge >= 0.3 is 0 Å². The zero-order valence-electron chi connectivity index (χ0n) is 18.5. The minimum Gasteiger partial charge on any atom is -0.493 e. The largest absolute Gasteiger partial charge is 0.493 e. The van der Waals surface area contributed by atoms with E-state index in [0.717, 1.165) is 11.1 Å². The van der Waals surface area contributed by atoms with Gasteiger partial charge in [-0.25, -0.2) is 9.67 Å². The summed E-state index contributed by atoms with van der Waals surface area (Å²) in [6.07, 6.45) is 3.27. The van der Waals surface area contributed by atoms with Gasteiger partial charge in [0, 0.05) is 6.54 Å². The van der Waals surface area contributed by atoms with E-state index in [9.17, 15) is 9.59 Å². The fraction of sp³-hybridized carbons (Fsp3) is 0.250. The lowest BCUT2D eigenvalue weighted by molar-refractivity contribution is -0.120. The van der Waals surface area contributed by atoms with Crippen LogP contribution in [0.2, 0.25) is 0 Å². The molecule has 0 spiro atoms. The first-order chi connectivity index (χ1) is 16.1. The van der Waals surface area contributed by atoms with Crippen molar-refractivity contribution in [3.05, 3.63) is 82.5 Å². The molecule has 0 fully saturated rings. The monoisotopic (exact) mass is 447 g/mol. The number of hydrogen-bond acceptors (Lipinski definition) is 6. The van der Waals surface area contributed by atoms with Gasteiger partial charge in [0.1, 0.15) is 11.7 Å². The van der Waals surface area contributed by atoms with Crippen molar-refractivity contribution < 1.29 is 14.3 Å². The second-order valence-corrected chi connectivity index (χ2v) is 7.48. The molecule has 33 heavy (non-hydrogen) atoms. The Kier molecular flexibility index (Phi) is 6.68. The highest BCUT2D eigenvalue weighted by Crippen LogP contribution is 2.27. The van der Waals surface area contributed by atoms with Gasteiger partial charge in [-0.15, -0.1) is 0 Å². The molecule has 170 valence electrons. The SMILES string of the molecule is COc1ccc(CC(=O)NCCn2ncc3c(=O)n(Cc4ccccc4)cnc32)cc1OC. The second-order valence-electron chi connectivity index (χ2n) is 7.48. The van der Waals surface area contributed by atoms with E-state index in [2.05, 4.69) is 15.4 Å². The Balaban J connectivity index is 1.37. The average molecular weight is 447 g/mol. The van der Waals surface area contributed by atoms with Gasteiger partial charge in [0.15, 0.2) is 17.1 Å². The highest BCUT2D eigenvalue weighted by molar-refractivity contribution is 5.78. The maximum absolute atomic E-state index is 12.8. The van der Waals surface area contributed by atoms with Crippen LogP contribution in [-0.4, -0.2) is 46.0 Å². The Morgan fingerprint density at radius 1 is 1.03 bits per heavy atom. The summed E-state index contributed by atoms with van der Waals surface area (Å²) in [4.78, 5) is 29.6. The van der Waals surface area contributed by atoms with Crippen LogP contribution in [-0.2, 0) is 24.3 Å². The van der Waals surface area contributed by atoms with E-state index in [1.54, 1.807) is 35.6 Å². The molecular formula is C24H25N5O4. The lowest BCUT2D eigenvalue weighted by Gasteiger charge is -2.10. The van der Waals surface area contributed by atoms with Gasteiger partial charge in [0.25, 0.3) is 5.56 Å². The summed E-state index contributed by atoms with van der Waals surface area (Å²) < 4.78 is 13.7. The van der Waals surface area contributed by atoms with Crippen LogP contribution in [0.1, 0.15) is 11.1 Å². The number of benzene rings is 2. The quantitative estimate of drug-likeness (QED) is 0.421. The normalized spacial score (nSPS) is 10.8. The standard InChI is InChI=1S/C24H25N5O4/c1-32-20-9-8-18(12-21(20)33-2)13-22(30)25-10-11-29-23-19(14-27-29)24(31)28(16-26-23)15-17-6-4-3-5-7-17/h3-9,12,14,16H,10-11,13,15H2,1-2H3,(H,25,30). The van der Waals surface area contributed by atoms with Crippen LogP contribution < -0.4 is 20.3 Å². The van der Waals surface area contributed by atoms with Gasteiger partial charge in [-0.1, -0.05) is 36.4 Å². The number of amides is 1.